The van der Waals surface area contributed by atoms with E-state index in [0.717, 1.165) is 24.1 Å². The SMILES string of the molecule is Cc1sc(-c2ccco2)nc1C(=O)Nc1cccc(S(=O)(=O)N2CCCCC2)c1. The highest BCUT2D eigenvalue weighted by atomic mass is 32.2. The van der Waals surface area contributed by atoms with Crippen molar-refractivity contribution in [2.45, 2.75) is 31.1 Å². The lowest BCUT2D eigenvalue weighted by Crippen LogP contribution is -2.35. The van der Waals surface area contributed by atoms with Gasteiger partial charge in [0.1, 0.15) is 5.69 Å². The van der Waals surface area contributed by atoms with Crippen LogP contribution in [0.2, 0.25) is 0 Å². The molecule has 1 aromatic carbocycles. The first-order chi connectivity index (χ1) is 13.9. The smallest absolute Gasteiger partial charge is 0.275 e. The van der Waals surface area contributed by atoms with Gasteiger partial charge < -0.3 is 9.73 Å². The zero-order chi connectivity index (χ0) is 20.4. The molecule has 1 aliphatic heterocycles. The lowest BCUT2D eigenvalue weighted by atomic mass is 10.2. The predicted octanol–water partition coefficient (Wildman–Crippen LogP) is 4.14. The van der Waals surface area contributed by atoms with E-state index in [-0.39, 0.29) is 10.8 Å². The van der Waals surface area contributed by atoms with Crippen LogP contribution in [0.4, 0.5) is 5.69 Å². The Hall–Kier alpha value is -2.49. The molecule has 0 radical (unpaired) electrons. The van der Waals surface area contributed by atoms with Gasteiger partial charge in [0, 0.05) is 23.7 Å². The quantitative estimate of drug-likeness (QED) is 0.655. The van der Waals surface area contributed by atoms with Crippen molar-refractivity contribution in [2.75, 3.05) is 18.4 Å². The summed E-state index contributed by atoms with van der Waals surface area (Å²) in [6, 6.07) is 9.91. The second-order valence-corrected chi connectivity index (χ2v) is 9.99. The predicted molar refractivity (Wildman–Crippen MR) is 112 cm³/mol. The zero-order valence-corrected chi connectivity index (χ0v) is 17.6. The van der Waals surface area contributed by atoms with Crippen molar-refractivity contribution >= 4 is 33.0 Å². The summed E-state index contributed by atoms with van der Waals surface area (Å²) in [5.74, 6) is 0.218. The van der Waals surface area contributed by atoms with Crippen LogP contribution in [0.15, 0.2) is 52.0 Å². The van der Waals surface area contributed by atoms with Gasteiger partial charge in [-0.3, -0.25) is 4.79 Å². The molecule has 9 heteroatoms. The van der Waals surface area contributed by atoms with Crippen molar-refractivity contribution in [3.63, 3.8) is 0 Å². The van der Waals surface area contributed by atoms with Gasteiger partial charge in [-0.1, -0.05) is 12.5 Å². The molecule has 0 atom stereocenters. The molecule has 0 unspecified atom stereocenters. The number of benzene rings is 1. The van der Waals surface area contributed by atoms with Crippen molar-refractivity contribution in [2.24, 2.45) is 0 Å². The maximum absolute atomic E-state index is 12.9. The molecule has 4 rings (SSSR count). The van der Waals surface area contributed by atoms with E-state index < -0.39 is 10.0 Å². The summed E-state index contributed by atoms with van der Waals surface area (Å²) in [4.78, 5) is 18.0. The number of sulfonamides is 1. The molecule has 3 aromatic rings. The van der Waals surface area contributed by atoms with Crippen LogP contribution in [0.5, 0.6) is 0 Å². The third-order valence-electron chi connectivity index (χ3n) is 4.79. The molecule has 1 aliphatic rings. The number of hydrogen-bond acceptors (Lipinski definition) is 6. The first-order valence-corrected chi connectivity index (χ1v) is 11.6. The summed E-state index contributed by atoms with van der Waals surface area (Å²) in [7, 11) is -3.56. The number of aromatic nitrogens is 1. The summed E-state index contributed by atoms with van der Waals surface area (Å²) >= 11 is 1.37. The summed E-state index contributed by atoms with van der Waals surface area (Å²) in [6.45, 7) is 2.88. The van der Waals surface area contributed by atoms with Crippen molar-refractivity contribution < 1.29 is 17.6 Å². The van der Waals surface area contributed by atoms with Crippen molar-refractivity contribution in [1.82, 2.24) is 9.29 Å². The second-order valence-electron chi connectivity index (χ2n) is 6.85. The standard InChI is InChI=1S/C20H21N3O4S2/c1-14-18(22-20(28-14)17-9-6-12-27-17)19(24)21-15-7-5-8-16(13-15)29(25,26)23-10-3-2-4-11-23/h5-9,12-13H,2-4,10-11H2,1H3,(H,21,24). The number of nitrogens with one attached hydrogen (secondary N) is 1. The van der Waals surface area contributed by atoms with E-state index in [1.165, 1.54) is 21.7 Å². The highest BCUT2D eigenvalue weighted by Crippen LogP contribution is 2.29. The highest BCUT2D eigenvalue weighted by Gasteiger charge is 2.26. The number of anilines is 1. The van der Waals surface area contributed by atoms with Crippen LogP contribution in [0.3, 0.4) is 0 Å². The molecule has 0 aliphatic carbocycles. The van der Waals surface area contributed by atoms with Gasteiger partial charge in [-0.2, -0.15) is 4.31 Å². The summed E-state index contributed by atoms with van der Waals surface area (Å²) in [5.41, 5.74) is 0.714. The number of piperidine rings is 1. The minimum Gasteiger partial charge on any atom is -0.462 e. The zero-order valence-electron chi connectivity index (χ0n) is 15.9. The monoisotopic (exact) mass is 431 g/mol. The first kappa shape index (κ1) is 19.8. The molecular weight excluding hydrogens is 410 g/mol. The van der Waals surface area contributed by atoms with E-state index in [9.17, 15) is 13.2 Å². The Bertz CT molecular complexity index is 1110. The molecule has 1 saturated heterocycles. The molecule has 1 fully saturated rings. The van der Waals surface area contributed by atoms with Crippen LogP contribution in [-0.4, -0.2) is 36.7 Å². The Morgan fingerprint density at radius 3 is 2.69 bits per heavy atom. The molecule has 152 valence electrons. The van der Waals surface area contributed by atoms with Crippen LogP contribution in [-0.2, 0) is 10.0 Å². The van der Waals surface area contributed by atoms with Crippen LogP contribution >= 0.6 is 11.3 Å². The van der Waals surface area contributed by atoms with Crippen molar-refractivity contribution in [3.05, 3.63) is 53.2 Å². The summed E-state index contributed by atoms with van der Waals surface area (Å²) in [6.07, 6.45) is 4.35. The fourth-order valence-corrected chi connectivity index (χ4v) is 5.73. The number of aryl methyl sites for hydroxylation is 1. The van der Waals surface area contributed by atoms with E-state index in [2.05, 4.69) is 10.3 Å². The number of hydrogen-bond donors (Lipinski definition) is 1. The van der Waals surface area contributed by atoms with Gasteiger partial charge in [0.25, 0.3) is 5.91 Å². The molecule has 1 amide bonds. The number of rotatable bonds is 5. The number of amides is 1. The van der Waals surface area contributed by atoms with Gasteiger partial charge in [0.15, 0.2) is 10.8 Å². The normalized spacial score (nSPS) is 15.3. The topological polar surface area (TPSA) is 92.5 Å². The van der Waals surface area contributed by atoms with Crippen LogP contribution in [0.25, 0.3) is 10.8 Å². The fourth-order valence-electron chi connectivity index (χ4n) is 3.29. The Morgan fingerprint density at radius 2 is 1.97 bits per heavy atom. The van der Waals surface area contributed by atoms with Gasteiger partial charge in [0.05, 0.1) is 11.2 Å². The van der Waals surface area contributed by atoms with Gasteiger partial charge >= 0.3 is 0 Å². The lowest BCUT2D eigenvalue weighted by Gasteiger charge is -2.26. The molecule has 7 nitrogen and oxygen atoms in total. The third kappa shape index (κ3) is 4.12. The first-order valence-electron chi connectivity index (χ1n) is 9.38. The lowest BCUT2D eigenvalue weighted by molar-refractivity contribution is 0.102. The fraction of sp³-hybridized carbons (Fsp3) is 0.300. The van der Waals surface area contributed by atoms with Gasteiger partial charge in [-0.15, -0.1) is 11.3 Å². The van der Waals surface area contributed by atoms with E-state index in [0.29, 0.717) is 35.2 Å². The van der Waals surface area contributed by atoms with Crippen molar-refractivity contribution in [3.8, 4) is 10.8 Å². The molecule has 2 aromatic heterocycles. The summed E-state index contributed by atoms with van der Waals surface area (Å²) in [5, 5.41) is 3.39. The van der Waals surface area contributed by atoms with Crippen LogP contribution < -0.4 is 5.32 Å². The van der Waals surface area contributed by atoms with E-state index in [1.54, 1.807) is 36.6 Å². The maximum atomic E-state index is 12.9. The third-order valence-corrected chi connectivity index (χ3v) is 7.67. The minimum absolute atomic E-state index is 0.184. The maximum Gasteiger partial charge on any atom is 0.275 e. The number of carbonyl (C=O) groups is 1. The van der Waals surface area contributed by atoms with Crippen LogP contribution in [0, 0.1) is 6.92 Å². The Balaban J connectivity index is 1.54. The summed E-state index contributed by atoms with van der Waals surface area (Å²) < 4.78 is 32.6. The molecular formula is C20H21N3O4S2. The Morgan fingerprint density at radius 1 is 1.17 bits per heavy atom. The number of nitrogens with zero attached hydrogens (tertiary/aromatic N) is 2. The molecule has 3 heterocycles. The Kier molecular flexibility index (Phi) is 5.53. The van der Waals surface area contributed by atoms with E-state index >= 15 is 0 Å². The van der Waals surface area contributed by atoms with Gasteiger partial charge in [-0.25, -0.2) is 13.4 Å². The average molecular weight is 432 g/mol. The number of carbonyl (C=O) groups excluding carboxylic acids is 1. The minimum atomic E-state index is -3.56. The highest BCUT2D eigenvalue weighted by molar-refractivity contribution is 7.89. The second kappa shape index (κ2) is 8.10. The molecule has 29 heavy (non-hydrogen) atoms. The molecule has 0 saturated carbocycles. The van der Waals surface area contributed by atoms with Crippen LogP contribution in [0.1, 0.15) is 34.6 Å². The largest absolute Gasteiger partial charge is 0.462 e. The Labute approximate surface area is 173 Å². The van der Waals surface area contributed by atoms with E-state index in [4.69, 9.17) is 4.42 Å². The molecule has 1 N–H and O–H groups in total. The molecule has 0 bridgehead atoms. The molecule has 0 spiro atoms. The van der Waals surface area contributed by atoms with E-state index in [1.807, 2.05) is 6.92 Å². The van der Waals surface area contributed by atoms with Crippen molar-refractivity contribution in [1.29, 1.82) is 0 Å². The average Bonchev–Trinajstić information content (AvgIpc) is 3.38. The van der Waals surface area contributed by atoms with Gasteiger partial charge in [-0.05, 0) is 50.1 Å². The number of furan rings is 1. The number of thiazole rings is 1. The van der Waals surface area contributed by atoms with Gasteiger partial charge in [0.2, 0.25) is 10.0 Å².